The van der Waals surface area contributed by atoms with Crippen molar-refractivity contribution in [3.8, 4) is 5.75 Å². The molecule has 45 heavy (non-hydrogen) atoms. The molecule has 3 aliphatic rings. The maximum absolute atomic E-state index is 14.9. The zero-order valence-corrected chi connectivity index (χ0v) is 29.4. The first-order chi connectivity index (χ1) is 21.1. The highest BCUT2D eigenvalue weighted by molar-refractivity contribution is 9.09. The van der Waals surface area contributed by atoms with Crippen LogP contribution in [0.2, 0.25) is 0 Å². The number of rotatable bonds is 13. The monoisotopic (exact) mass is 687 g/mol. The van der Waals surface area contributed by atoms with Crippen LogP contribution >= 0.6 is 15.9 Å². The molecule has 3 fully saturated rings. The Kier molecular flexibility index (Phi) is 10.3. The average Bonchev–Trinajstić information content (AvgIpc) is 3.56. The highest BCUT2D eigenvalue weighted by Gasteiger charge is 2.77. The minimum Gasteiger partial charge on any atom is -0.494 e. The summed E-state index contributed by atoms with van der Waals surface area (Å²) in [6.07, 6.45) is 3.83. The van der Waals surface area contributed by atoms with Crippen LogP contribution in [0.15, 0.2) is 49.6 Å². The van der Waals surface area contributed by atoms with E-state index in [-0.39, 0.29) is 47.7 Å². The fourth-order valence-corrected chi connectivity index (χ4v) is 8.96. The van der Waals surface area contributed by atoms with Gasteiger partial charge in [-0.3, -0.25) is 14.4 Å². The van der Waals surface area contributed by atoms with E-state index in [0.29, 0.717) is 30.9 Å². The molecular formula is C35H50BrN3O6. The van der Waals surface area contributed by atoms with Gasteiger partial charge in [-0.2, -0.15) is 0 Å². The summed E-state index contributed by atoms with van der Waals surface area (Å²) in [5, 5.41) is 10.3. The summed E-state index contributed by atoms with van der Waals surface area (Å²) in [6, 6.07) is 5.57. The fraction of sp³-hybridized carbons (Fsp3) is 0.629. The van der Waals surface area contributed by atoms with Crippen molar-refractivity contribution in [2.45, 2.75) is 95.5 Å². The quantitative estimate of drug-likeness (QED) is 0.233. The predicted octanol–water partition coefficient (Wildman–Crippen LogP) is 4.96. The molecule has 0 aromatic heterocycles. The summed E-state index contributed by atoms with van der Waals surface area (Å²) >= 11 is 3.77. The van der Waals surface area contributed by atoms with Crippen molar-refractivity contribution >= 4 is 39.3 Å². The second-order valence-electron chi connectivity index (χ2n) is 14.4. The number of ether oxygens (including phenoxy) is 2. The number of likely N-dealkylation sites (tertiary alicyclic amines) is 1. The van der Waals surface area contributed by atoms with E-state index in [1.807, 2.05) is 45.0 Å². The number of fused-ring (bicyclic) bond motifs is 1. The maximum Gasteiger partial charge on any atom is 0.249 e. The standard InChI is InChI=1S/C35H50BrN3O6/c1-10-17-37(23-13-15-24(16-14-23)44-12-3)30(41)26-27-31(42)39(22(4)20-40)29(35(27)19-25(36)28(26)45-35)32(43)38(18-11-2)34(8,9)21-33(5,6)7/h10-11,13-16,22,25-29,40H,1-2,12,17-21H2,3-9H3/t22-,25?,26+,27+,28+,29?,35?/m1/s1. The Balaban J connectivity index is 1.80. The minimum absolute atomic E-state index is 0.0795. The van der Waals surface area contributed by atoms with Crippen molar-refractivity contribution in [1.82, 2.24) is 9.80 Å². The molecule has 3 saturated heterocycles. The van der Waals surface area contributed by atoms with E-state index in [1.54, 1.807) is 28.9 Å². The van der Waals surface area contributed by atoms with Crippen molar-refractivity contribution in [3.63, 3.8) is 0 Å². The van der Waals surface area contributed by atoms with Crippen LogP contribution in [0.3, 0.4) is 0 Å². The van der Waals surface area contributed by atoms with Gasteiger partial charge in [-0.1, -0.05) is 48.9 Å². The molecule has 1 aromatic rings. The number of hydrogen-bond donors (Lipinski definition) is 1. The summed E-state index contributed by atoms with van der Waals surface area (Å²) in [5.41, 5.74) is -1.26. The molecule has 1 aromatic carbocycles. The van der Waals surface area contributed by atoms with Crippen LogP contribution in [-0.2, 0) is 19.1 Å². The molecule has 3 aliphatic heterocycles. The van der Waals surface area contributed by atoms with Crippen molar-refractivity contribution in [2.75, 3.05) is 31.2 Å². The number of aliphatic hydroxyl groups excluding tert-OH is 1. The Morgan fingerprint density at radius 3 is 2.31 bits per heavy atom. The molecule has 2 bridgehead atoms. The molecule has 9 nitrogen and oxygen atoms in total. The second-order valence-corrected chi connectivity index (χ2v) is 15.6. The van der Waals surface area contributed by atoms with E-state index in [2.05, 4.69) is 49.9 Å². The molecule has 7 atom stereocenters. The molecule has 1 N–H and O–H groups in total. The third-order valence-electron chi connectivity index (χ3n) is 9.29. The number of carbonyl (C=O) groups is 3. The number of benzene rings is 1. The molecule has 10 heteroatoms. The van der Waals surface area contributed by atoms with Gasteiger partial charge in [0.2, 0.25) is 17.7 Å². The summed E-state index contributed by atoms with van der Waals surface area (Å²) in [4.78, 5) is 48.6. The lowest BCUT2D eigenvalue weighted by atomic mass is 9.70. The molecule has 0 saturated carbocycles. The van der Waals surface area contributed by atoms with Crippen molar-refractivity contribution in [1.29, 1.82) is 0 Å². The molecule has 1 spiro atoms. The Morgan fingerprint density at radius 1 is 1.16 bits per heavy atom. The van der Waals surface area contributed by atoms with Gasteiger partial charge in [0.05, 0.1) is 37.2 Å². The number of aliphatic hydroxyl groups is 1. The van der Waals surface area contributed by atoms with Crippen LogP contribution in [0.5, 0.6) is 5.75 Å². The first kappa shape index (κ1) is 35.2. The topological polar surface area (TPSA) is 99.6 Å². The summed E-state index contributed by atoms with van der Waals surface area (Å²) in [6.45, 7) is 22.6. The second kappa shape index (κ2) is 13.2. The van der Waals surface area contributed by atoms with Crippen LogP contribution < -0.4 is 9.64 Å². The van der Waals surface area contributed by atoms with Gasteiger partial charge in [0.25, 0.3) is 0 Å². The summed E-state index contributed by atoms with van der Waals surface area (Å²) < 4.78 is 12.3. The van der Waals surface area contributed by atoms with Gasteiger partial charge in [-0.15, -0.1) is 13.2 Å². The molecule has 3 unspecified atom stereocenters. The Morgan fingerprint density at radius 2 is 1.78 bits per heavy atom. The number of amides is 3. The van der Waals surface area contributed by atoms with E-state index in [4.69, 9.17) is 9.47 Å². The van der Waals surface area contributed by atoms with E-state index < -0.39 is 41.2 Å². The lowest BCUT2D eigenvalue weighted by Gasteiger charge is -2.46. The first-order valence-corrected chi connectivity index (χ1v) is 16.8. The lowest BCUT2D eigenvalue weighted by Crippen LogP contribution is -2.62. The van der Waals surface area contributed by atoms with Crippen molar-refractivity contribution < 1.29 is 29.0 Å². The fourth-order valence-electron chi connectivity index (χ4n) is 8.02. The minimum atomic E-state index is -1.24. The third-order valence-corrected chi connectivity index (χ3v) is 10.1. The van der Waals surface area contributed by atoms with E-state index >= 15 is 0 Å². The Bertz CT molecular complexity index is 1290. The molecule has 4 rings (SSSR count). The molecule has 3 amide bonds. The van der Waals surface area contributed by atoms with E-state index in [9.17, 15) is 19.5 Å². The number of hydrogen-bond acceptors (Lipinski definition) is 6. The maximum atomic E-state index is 14.9. The zero-order chi connectivity index (χ0) is 33.5. The number of anilines is 1. The largest absolute Gasteiger partial charge is 0.494 e. The number of carbonyl (C=O) groups excluding carboxylic acids is 3. The van der Waals surface area contributed by atoms with Gasteiger partial charge >= 0.3 is 0 Å². The highest BCUT2D eigenvalue weighted by atomic mass is 79.9. The van der Waals surface area contributed by atoms with Crippen LogP contribution in [0.25, 0.3) is 0 Å². The SMILES string of the molecule is C=CCN(C(=O)[C@H]1[C@H]2C(=O)N([C@H](C)CO)C(C(=O)N(CC=C)C(C)(C)CC(C)(C)C)C23CC(Br)[C@@H]1O3)c1ccc(OCC)cc1. The normalized spacial score (nSPS) is 28.1. The van der Waals surface area contributed by atoms with Gasteiger partial charge in [0, 0.05) is 29.1 Å². The highest BCUT2D eigenvalue weighted by Crippen LogP contribution is 2.61. The zero-order valence-electron chi connectivity index (χ0n) is 27.8. The smallest absolute Gasteiger partial charge is 0.249 e. The number of nitrogens with zero attached hydrogens (tertiary/aromatic N) is 3. The van der Waals surface area contributed by atoms with E-state index in [0.717, 1.165) is 0 Å². The number of halogens is 1. The van der Waals surface area contributed by atoms with Crippen LogP contribution in [0.4, 0.5) is 5.69 Å². The van der Waals surface area contributed by atoms with Crippen LogP contribution in [0.1, 0.15) is 61.3 Å². The van der Waals surface area contributed by atoms with Gasteiger partial charge in [0.1, 0.15) is 17.4 Å². The summed E-state index contributed by atoms with van der Waals surface area (Å²) in [5.74, 6) is -1.92. The average molecular weight is 689 g/mol. The van der Waals surface area contributed by atoms with Gasteiger partial charge < -0.3 is 29.3 Å². The summed E-state index contributed by atoms with van der Waals surface area (Å²) in [7, 11) is 0. The van der Waals surface area contributed by atoms with Gasteiger partial charge in [-0.05, 0) is 70.2 Å². The molecule has 0 radical (unpaired) electrons. The van der Waals surface area contributed by atoms with E-state index in [1.165, 1.54) is 4.90 Å². The van der Waals surface area contributed by atoms with Crippen LogP contribution in [-0.4, -0.2) is 93.1 Å². The molecule has 3 heterocycles. The van der Waals surface area contributed by atoms with Gasteiger partial charge in [-0.25, -0.2) is 0 Å². The van der Waals surface area contributed by atoms with Crippen molar-refractivity contribution in [3.05, 3.63) is 49.6 Å². The predicted molar refractivity (Wildman–Crippen MR) is 179 cm³/mol. The molecular weight excluding hydrogens is 638 g/mol. The Hall–Kier alpha value is -2.69. The lowest BCUT2D eigenvalue weighted by molar-refractivity contribution is -0.155. The first-order valence-electron chi connectivity index (χ1n) is 15.9. The number of alkyl halides is 1. The molecule has 0 aliphatic carbocycles. The third kappa shape index (κ3) is 6.34. The van der Waals surface area contributed by atoms with Crippen molar-refractivity contribution in [2.24, 2.45) is 17.3 Å². The Labute approximate surface area is 276 Å². The molecule has 248 valence electrons. The van der Waals surface area contributed by atoms with Crippen LogP contribution in [0, 0.1) is 17.3 Å². The van der Waals surface area contributed by atoms with Gasteiger partial charge in [0.15, 0.2) is 0 Å².